The van der Waals surface area contributed by atoms with E-state index in [2.05, 4.69) is 30.6 Å². The summed E-state index contributed by atoms with van der Waals surface area (Å²) in [5.74, 6) is 1.54. The van der Waals surface area contributed by atoms with E-state index in [4.69, 9.17) is 0 Å². The van der Waals surface area contributed by atoms with Gasteiger partial charge in [0.15, 0.2) is 18.4 Å². The van der Waals surface area contributed by atoms with E-state index in [9.17, 15) is 13.2 Å². The first-order valence-electron chi connectivity index (χ1n) is 8.01. The lowest BCUT2D eigenvalue weighted by Gasteiger charge is -2.13. The van der Waals surface area contributed by atoms with Gasteiger partial charge in [-0.2, -0.15) is 13.2 Å². The third-order valence-corrected chi connectivity index (χ3v) is 3.46. The third kappa shape index (κ3) is 6.26. The number of aromatic nitrogens is 3. The molecule has 0 aliphatic carbocycles. The summed E-state index contributed by atoms with van der Waals surface area (Å²) in [5, 5.41) is 14.1. The number of halogens is 3. The van der Waals surface area contributed by atoms with E-state index in [-0.39, 0.29) is 5.75 Å². The maximum atomic E-state index is 12.1. The fourth-order valence-corrected chi connectivity index (χ4v) is 2.12. The minimum absolute atomic E-state index is 0.174. The van der Waals surface area contributed by atoms with Crippen LogP contribution in [0.1, 0.15) is 18.3 Å². The zero-order valence-corrected chi connectivity index (χ0v) is 14.5. The van der Waals surface area contributed by atoms with Crippen molar-refractivity contribution in [1.82, 2.24) is 25.4 Å². The van der Waals surface area contributed by atoms with Crippen molar-refractivity contribution in [2.45, 2.75) is 32.7 Å². The highest BCUT2D eigenvalue weighted by Gasteiger charge is 2.28. The van der Waals surface area contributed by atoms with Gasteiger partial charge in [0.2, 0.25) is 0 Å². The van der Waals surface area contributed by atoms with Crippen molar-refractivity contribution in [3.8, 4) is 5.75 Å². The fourth-order valence-electron chi connectivity index (χ4n) is 2.12. The van der Waals surface area contributed by atoms with Crippen LogP contribution < -0.4 is 15.4 Å². The number of nitrogens with one attached hydrogen (secondary N) is 2. The van der Waals surface area contributed by atoms with Crippen LogP contribution in [-0.2, 0) is 19.6 Å². The summed E-state index contributed by atoms with van der Waals surface area (Å²) < 4.78 is 43.0. The van der Waals surface area contributed by atoms with E-state index in [1.165, 1.54) is 12.1 Å². The lowest BCUT2D eigenvalue weighted by Crippen LogP contribution is -2.37. The van der Waals surface area contributed by atoms with Gasteiger partial charge in [0.1, 0.15) is 12.1 Å². The molecule has 0 fully saturated rings. The Morgan fingerprint density at radius 1 is 1.19 bits per heavy atom. The predicted octanol–water partition coefficient (Wildman–Crippen LogP) is 2.10. The van der Waals surface area contributed by atoms with Crippen LogP contribution in [0.4, 0.5) is 13.2 Å². The van der Waals surface area contributed by atoms with Gasteiger partial charge in [0.25, 0.3) is 0 Å². The smallest absolute Gasteiger partial charge is 0.422 e. The number of ether oxygens (including phenoxy) is 1. The molecule has 2 rings (SSSR count). The number of benzene rings is 1. The number of hydrogen-bond donors (Lipinski definition) is 2. The van der Waals surface area contributed by atoms with Crippen LogP contribution in [0.25, 0.3) is 0 Å². The molecule has 2 N–H and O–H groups in total. The third-order valence-electron chi connectivity index (χ3n) is 3.46. The van der Waals surface area contributed by atoms with Gasteiger partial charge in [0, 0.05) is 20.1 Å². The van der Waals surface area contributed by atoms with Gasteiger partial charge in [-0.25, -0.2) is 0 Å². The average Bonchev–Trinajstić information content (AvgIpc) is 3.08. The zero-order valence-electron chi connectivity index (χ0n) is 14.5. The Morgan fingerprint density at radius 2 is 1.88 bits per heavy atom. The second kappa shape index (κ2) is 9.07. The van der Waals surface area contributed by atoms with Crippen LogP contribution in [0.2, 0.25) is 0 Å². The van der Waals surface area contributed by atoms with Gasteiger partial charge in [-0.05, 0) is 24.6 Å². The molecule has 0 spiro atoms. The first-order chi connectivity index (χ1) is 12.4. The van der Waals surface area contributed by atoms with Gasteiger partial charge in [0.05, 0.1) is 6.54 Å². The van der Waals surface area contributed by atoms with E-state index in [1.807, 2.05) is 11.5 Å². The SMILES string of the molecule is CCn1cnnc1CNC(=NC)NCc1ccc(OCC(F)(F)F)cc1. The standard InChI is InChI=1S/C16H21F3N6O/c1-3-25-11-23-24-14(25)9-22-15(20-2)21-8-12-4-6-13(7-5-12)26-10-16(17,18)19/h4-7,11H,3,8-10H2,1-2H3,(H2,20,21,22). The largest absolute Gasteiger partial charge is 0.484 e. The molecular weight excluding hydrogens is 349 g/mol. The van der Waals surface area contributed by atoms with Gasteiger partial charge < -0.3 is 19.9 Å². The van der Waals surface area contributed by atoms with E-state index in [1.54, 1.807) is 25.5 Å². The molecule has 0 aliphatic heterocycles. The quantitative estimate of drug-likeness (QED) is 0.577. The molecule has 0 saturated carbocycles. The van der Waals surface area contributed by atoms with Crippen molar-refractivity contribution in [2.75, 3.05) is 13.7 Å². The Labute approximate surface area is 149 Å². The first kappa shape index (κ1) is 19.5. The van der Waals surface area contributed by atoms with Gasteiger partial charge in [-0.15, -0.1) is 10.2 Å². The number of rotatable bonds is 7. The molecule has 10 heteroatoms. The maximum Gasteiger partial charge on any atom is 0.422 e. The summed E-state index contributed by atoms with van der Waals surface area (Å²) in [6.07, 6.45) is -2.68. The molecule has 26 heavy (non-hydrogen) atoms. The Balaban J connectivity index is 1.80. The highest BCUT2D eigenvalue weighted by atomic mass is 19.4. The molecule has 0 aliphatic rings. The summed E-state index contributed by atoms with van der Waals surface area (Å²) in [6.45, 7) is 2.40. The number of aryl methyl sites for hydroxylation is 1. The molecule has 0 bridgehead atoms. The summed E-state index contributed by atoms with van der Waals surface area (Å²) in [7, 11) is 1.65. The number of hydrogen-bond acceptors (Lipinski definition) is 4. The van der Waals surface area contributed by atoms with E-state index in [0.29, 0.717) is 19.0 Å². The molecule has 7 nitrogen and oxygen atoms in total. The zero-order chi connectivity index (χ0) is 19.0. The average molecular weight is 370 g/mol. The van der Waals surface area contributed by atoms with Crippen molar-refractivity contribution < 1.29 is 17.9 Å². The first-order valence-corrected chi connectivity index (χ1v) is 8.01. The van der Waals surface area contributed by atoms with Crippen molar-refractivity contribution >= 4 is 5.96 Å². The molecule has 0 unspecified atom stereocenters. The molecule has 142 valence electrons. The van der Waals surface area contributed by atoms with Crippen LogP contribution in [0.15, 0.2) is 35.6 Å². The molecule has 1 heterocycles. The van der Waals surface area contributed by atoms with Crippen LogP contribution in [0.5, 0.6) is 5.75 Å². The predicted molar refractivity (Wildman–Crippen MR) is 90.7 cm³/mol. The fraction of sp³-hybridized carbons (Fsp3) is 0.438. The normalized spacial score (nSPS) is 12.1. The van der Waals surface area contributed by atoms with Gasteiger partial charge >= 0.3 is 6.18 Å². The van der Waals surface area contributed by atoms with E-state index in [0.717, 1.165) is 17.9 Å². The molecule has 1 aromatic carbocycles. The second-order valence-electron chi connectivity index (χ2n) is 5.36. The van der Waals surface area contributed by atoms with Crippen molar-refractivity contribution in [3.63, 3.8) is 0 Å². The maximum absolute atomic E-state index is 12.1. The Kier molecular flexibility index (Phi) is 6.81. The highest BCUT2D eigenvalue weighted by molar-refractivity contribution is 5.79. The highest BCUT2D eigenvalue weighted by Crippen LogP contribution is 2.18. The van der Waals surface area contributed by atoms with Crippen LogP contribution >= 0.6 is 0 Å². The topological polar surface area (TPSA) is 76.4 Å². The summed E-state index contributed by atoms with van der Waals surface area (Å²) >= 11 is 0. The number of nitrogens with zero attached hydrogens (tertiary/aromatic N) is 4. The lowest BCUT2D eigenvalue weighted by atomic mass is 10.2. The van der Waals surface area contributed by atoms with E-state index >= 15 is 0 Å². The Morgan fingerprint density at radius 3 is 2.50 bits per heavy atom. The van der Waals surface area contributed by atoms with Crippen molar-refractivity contribution in [2.24, 2.45) is 4.99 Å². The number of aliphatic imine (C=N–C) groups is 1. The number of alkyl halides is 3. The van der Waals surface area contributed by atoms with Crippen LogP contribution in [0.3, 0.4) is 0 Å². The van der Waals surface area contributed by atoms with Crippen molar-refractivity contribution in [1.29, 1.82) is 0 Å². The number of guanidine groups is 1. The monoisotopic (exact) mass is 370 g/mol. The van der Waals surface area contributed by atoms with Gasteiger partial charge in [-0.1, -0.05) is 12.1 Å². The molecule has 0 saturated heterocycles. The van der Waals surface area contributed by atoms with E-state index < -0.39 is 12.8 Å². The minimum atomic E-state index is -4.35. The molecule has 0 atom stereocenters. The summed E-state index contributed by atoms with van der Waals surface area (Å²) in [6, 6.07) is 6.39. The summed E-state index contributed by atoms with van der Waals surface area (Å²) in [5.41, 5.74) is 0.879. The second-order valence-corrected chi connectivity index (χ2v) is 5.36. The molecule has 1 aromatic heterocycles. The van der Waals surface area contributed by atoms with Crippen LogP contribution in [-0.4, -0.2) is 40.6 Å². The molecule has 2 aromatic rings. The van der Waals surface area contributed by atoms with Crippen LogP contribution in [0, 0.1) is 0 Å². The molecule has 0 amide bonds. The lowest BCUT2D eigenvalue weighted by molar-refractivity contribution is -0.153. The van der Waals surface area contributed by atoms with Gasteiger partial charge in [-0.3, -0.25) is 4.99 Å². The Hall–Kier alpha value is -2.78. The molecular formula is C16H21F3N6O. The molecule has 0 radical (unpaired) electrons. The summed E-state index contributed by atoms with van der Waals surface area (Å²) in [4.78, 5) is 4.12. The Bertz CT molecular complexity index is 712. The minimum Gasteiger partial charge on any atom is -0.484 e. The van der Waals surface area contributed by atoms with Crippen molar-refractivity contribution in [3.05, 3.63) is 42.0 Å².